The third kappa shape index (κ3) is 4.47. The van der Waals surface area contributed by atoms with Crippen LogP contribution in [0.2, 0.25) is 0 Å². The van der Waals surface area contributed by atoms with E-state index in [2.05, 4.69) is 20.8 Å². The Bertz CT molecular complexity index is 665. The number of hydrogen-bond acceptors (Lipinski definition) is 6. The van der Waals surface area contributed by atoms with Crippen LogP contribution in [0, 0.1) is 0 Å². The van der Waals surface area contributed by atoms with Gasteiger partial charge in [0.25, 0.3) is 0 Å². The zero-order chi connectivity index (χ0) is 16.8. The van der Waals surface area contributed by atoms with Gasteiger partial charge in [-0.2, -0.15) is 4.68 Å². The lowest BCUT2D eigenvalue weighted by molar-refractivity contribution is -0.119. The number of hydrogen-bond donors (Lipinski definition) is 2. The summed E-state index contributed by atoms with van der Waals surface area (Å²) < 4.78 is 1.56. The number of aromatic nitrogens is 4. The minimum absolute atomic E-state index is 0.0205. The van der Waals surface area contributed by atoms with Gasteiger partial charge in [-0.3, -0.25) is 4.79 Å². The predicted octanol–water partition coefficient (Wildman–Crippen LogP) is 2.30. The van der Waals surface area contributed by atoms with E-state index in [9.17, 15) is 9.90 Å². The second-order valence-electron chi connectivity index (χ2n) is 5.93. The molecular formula is C16H21N5O2S. The number of carbonyl (C=O) groups is 1. The number of amides is 1. The molecule has 128 valence electrons. The van der Waals surface area contributed by atoms with Crippen LogP contribution in [-0.2, 0) is 4.79 Å². The molecule has 3 rings (SSSR count). The molecule has 2 aromatic rings. The van der Waals surface area contributed by atoms with Crippen LogP contribution in [0.4, 0.5) is 0 Å². The fourth-order valence-corrected chi connectivity index (χ4v) is 3.55. The fraction of sp³-hybridized carbons (Fsp3) is 0.500. The largest absolute Gasteiger partial charge is 0.508 e. The molecule has 1 aromatic heterocycles. The minimum Gasteiger partial charge on any atom is -0.508 e. The quantitative estimate of drug-likeness (QED) is 0.637. The highest BCUT2D eigenvalue weighted by molar-refractivity contribution is 7.99. The van der Waals surface area contributed by atoms with Crippen molar-refractivity contribution < 1.29 is 9.90 Å². The molecule has 1 amide bonds. The standard InChI is InChI=1S/C16H21N5O2S/c22-14-9-7-13(8-10-14)21-16(18-19-20-21)24-11-15(23)17-12-5-3-1-2-4-6-12/h7-10,12,22H,1-6,11H2,(H,17,23). The van der Waals surface area contributed by atoms with Gasteiger partial charge in [0, 0.05) is 6.04 Å². The highest BCUT2D eigenvalue weighted by Gasteiger charge is 2.16. The molecule has 0 aliphatic heterocycles. The van der Waals surface area contributed by atoms with E-state index >= 15 is 0 Å². The van der Waals surface area contributed by atoms with Crippen molar-refractivity contribution in [1.82, 2.24) is 25.5 Å². The number of aromatic hydroxyl groups is 1. The topological polar surface area (TPSA) is 92.9 Å². The average Bonchev–Trinajstić information content (AvgIpc) is 2.90. The number of nitrogens with zero attached hydrogens (tertiary/aromatic N) is 4. The van der Waals surface area contributed by atoms with Crippen molar-refractivity contribution in [3.8, 4) is 11.4 Å². The molecule has 0 saturated heterocycles. The van der Waals surface area contributed by atoms with E-state index in [1.807, 2.05) is 0 Å². The van der Waals surface area contributed by atoms with Crippen LogP contribution >= 0.6 is 11.8 Å². The number of benzene rings is 1. The number of carbonyl (C=O) groups excluding carboxylic acids is 1. The number of thioether (sulfide) groups is 1. The summed E-state index contributed by atoms with van der Waals surface area (Å²) in [5.74, 6) is 0.491. The van der Waals surface area contributed by atoms with Crippen LogP contribution in [0.5, 0.6) is 5.75 Å². The van der Waals surface area contributed by atoms with Gasteiger partial charge < -0.3 is 10.4 Å². The summed E-state index contributed by atoms with van der Waals surface area (Å²) >= 11 is 1.31. The molecule has 0 atom stereocenters. The summed E-state index contributed by atoms with van der Waals surface area (Å²) in [5, 5.41) is 24.6. The van der Waals surface area contributed by atoms with Gasteiger partial charge in [0.2, 0.25) is 11.1 Å². The van der Waals surface area contributed by atoms with E-state index in [0.717, 1.165) is 18.5 Å². The molecule has 0 bridgehead atoms. The SMILES string of the molecule is O=C(CSc1nnnn1-c1ccc(O)cc1)NC1CCCCCC1. The smallest absolute Gasteiger partial charge is 0.230 e. The zero-order valence-electron chi connectivity index (χ0n) is 13.4. The molecule has 0 spiro atoms. The Morgan fingerprint density at radius 2 is 1.92 bits per heavy atom. The van der Waals surface area contributed by atoms with Gasteiger partial charge in [0.1, 0.15) is 5.75 Å². The van der Waals surface area contributed by atoms with Crippen molar-refractivity contribution >= 4 is 17.7 Å². The highest BCUT2D eigenvalue weighted by atomic mass is 32.2. The molecule has 0 unspecified atom stereocenters. The first-order valence-corrected chi connectivity index (χ1v) is 9.21. The molecule has 7 nitrogen and oxygen atoms in total. The third-order valence-electron chi connectivity index (χ3n) is 4.09. The van der Waals surface area contributed by atoms with Gasteiger partial charge in [0.15, 0.2) is 0 Å². The molecule has 1 saturated carbocycles. The average molecular weight is 347 g/mol. The summed E-state index contributed by atoms with van der Waals surface area (Å²) in [4.78, 5) is 12.2. The number of nitrogens with one attached hydrogen (secondary N) is 1. The van der Waals surface area contributed by atoms with Gasteiger partial charge in [-0.1, -0.05) is 37.4 Å². The first-order chi connectivity index (χ1) is 11.7. The third-order valence-corrected chi connectivity index (χ3v) is 5.01. The van der Waals surface area contributed by atoms with Crippen LogP contribution in [0.3, 0.4) is 0 Å². The second kappa shape index (κ2) is 8.14. The van der Waals surface area contributed by atoms with Crippen molar-refractivity contribution in [2.75, 3.05) is 5.75 Å². The van der Waals surface area contributed by atoms with Crippen LogP contribution in [0.1, 0.15) is 38.5 Å². The lowest BCUT2D eigenvalue weighted by atomic mass is 10.1. The van der Waals surface area contributed by atoms with Crippen LogP contribution < -0.4 is 5.32 Å². The lowest BCUT2D eigenvalue weighted by Crippen LogP contribution is -2.35. The van der Waals surface area contributed by atoms with Gasteiger partial charge in [-0.05, 0) is 47.5 Å². The van der Waals surface area contributed by atoms with Crippen LogP contribution in [0.15, 0.2) is 29.4 Å². The Hall–Kier alpha value is -2.09. The first kappa shape index (κ1) is 16.8. The highest BCUT2D eigenvalue weighted by Crippen LogP contribution is 2.21. The monoisotopic (exact) mass is 347 g/mol. The molecule has 1 heterocycles. The van der Waals surface area contributed by atoms with E-state index in [1.165, 1.54) is 37.4 Å². The Kier molecular flexibility index (Phi) is 5.68. The number of phenolic OH excluding ortho intramolecular Hbond substituents is 1. The van der Waals surface area contributed by atoms with Crippen molar-refractivity contribution in [2.24, 2.45) is 0 Å². The Morgan fingerprint density at radius 3 is 2.62 bits per heavy atom. The minimum atomic E-state index is 0.0205. The van der Waals surface area contributed by atoms with E-state index < -0.39 is 0 Å². The van der Waals surface area contributed by atoms with E-state index in [0.29, 0.717) is 11.2 Å². The lowest BCUT2D eigenvalue weighted by Gasteiger charge is -2.15. The van der Waals surface area contributed by atoms with E-state index in [4.69, 9.17) is 0 Å². The number of phenols is 1. The number of rotatable bonds is 5. The Labute approximate surface area is 144 Å². The zero-order valence-corrected chi connectivity index (χ0v) is 14.2. The summed E-state index contributed by atoms with van der Waals surface area (Å²) in [6.45, 7) is 0. The van der Waals surface area contributed by atoms with Crippen molar-refractivity contribution in [3.05, 3.63) is 24.3 Å². The fourth-order valence-electron chi connectivity index (χ4n) is 2.85. The molecule has 8 heteroatoms. The molecule has 1 aliphatic rings. The summed E-state index contributed by atoms with van der Waals surface area (Å²) in [6.07, 6.45) is 7.06. The maximum Gasteiger partial charge on any atom is 0.230 e. The summed E-state index contributed by atoms with van der Waals surface area (Å²) in [7, 11) is 0. The first-order valence-electron chi connectivity index (χ1n) is 8.22. The van der Waals surface area contributed by atoms with Crippen molar-refractivity contribution in [2.45, 2.75) is 49.7 Å². The molecule has 24 heavy (non-hydrogen) atoms. The van der Waals surface area contributed by atoms with E-state index in [-0.39, 0.29) is 17.4 Å². The Morgan fingerprint density at radius 1 is 1.21 bits per heavy atom. The Balaban J connectivity index is 1.56. The number of tetrazole rings is 1. The van der Waals surface area contributed by atoms with Crippen LogP contribution in [-0.4, -0.2) is 43.0 Å². The summed E-state index contributed by atoms with van der Waals surface area (Å²) in [6, 6.07) is 6.89. The summed E-state index contributed by atoms with van der Waals surface area (Å²) in [5.41, 5.74) is 0.740. The normalized spacial score (nSPS) is 15.8. The molecule has 1 fully saturated rings. The maximum atomic E-state index is 12.2. The van der Waals surface area contributed by atoms with Crippen molar-refractivity contribution in [3.63, 3.8) is 0 Å². The predicted molar refractivity (Wildman–Crippen MR) is 91.2 cm³/mol. The van der Waals surface area contributed by atoms with Crippen molar-refractivity contribution in [1.29, 1.82) is 0 Å². The molecule has 1 aliphatic carbocycles. The van der Waals surface area contributed by atoms with E-state index in [1.54, 1.807) is 28.9 Å². The van der Waals surface area contributed by atoms with Gasteiger partial charge in [-0.15, -0.1) is 5.10 Å². The molecular weight excluding hydrogens is 326 g/mol. The maximum absolute atomic E-state index is 12.2. The van der Waals surface area contributed by atoms with Gasteiger partial charge in [0.05, 0.1) is 11.4 Å². The van der Waals surface area contributed by atoms with Crippen LogP contribution in [0.25, 0.3) is 5.69 Å². The molecule has 1 aromatic carbocycles. The molecule has 2 N–H and O–H groups in total. The van der Waals surface area contributed by atoms with Gasteiger partial charge >= 0.3 is 0 Å². The second-order valence-corrected chi connectivity index (χ2v) is 6.88. The molecule has 0 radical (unpaired) electrons. The van der Waals surface area contributed by atoms with Gasteiger partial charge in [-0.25, -0.2) is 0 Å².